The average Bonchev–Trinajstić information content (AvgIpc) is 3.08. The number of carbonyl (C=O) groups excluding carboxylic acids is 1. The average molecular weight is 409 g/mol. The van der Waals surface area contributed by atoms with Gasteiger partial charge in [0, 0.05) is 13.6 Å². The maximum atomic E-state index is 12.7. The molecule has 1 amide bonds. The fraction of sp³-hybridized carbons (Fsp3) is 0.348. The van der Waals surface area contributed by atoms with Gasteiger partial charge >= 0.3 is 0 Å². The molecule has 1 heterocycles. The van der Waals surface area contributed by atoms with Crippen LogP contribution >= 0.6 is 11.8 Å². The minimum Gasteiger partial charge on any atom is -0.341 e. The van der Waals surface area contributed by atoms with E-state index >= 15 is 0 Å². The van der Waals surface area contributed by atoms with Gasteiger partial charge < -0.3 is 4.90 Å². The Kier molecular flexibility index (Phi) is 6.75. The molecule has 0 atom stereocenters. The quantitative estimate of drug-likeness (QED) is 0.540. The van der Waals surface area contributed by atoms with E-state index in [1.807, 2.05) is 18.5 Å². The molecule has 0 aliphatic carbocycles. The molecule has 0 aliphatic heterocycles. The van der Waals surface area contributed by atoms with Crippen LogP contribution in [0.15, 0.2) is 47.6 Å². The van der Waals surface area contributed by atoms with Crippen LogP contribution in [0.5, 0.6) is 0 Å². The number of amides is 1. The van der Waals surface area contributed by atoms with Crippen LogP contribution in [-0.2, 0) is 17.8 Å². The molecular formula is C23H28N4OS. The number of hydrogen-bond donors (Lipinski definition) is 0. The topological polar surface area (TPSA) is 51.0 Å². The number of aryl methyl sites for hydroxylation is 4. The summed E-state index contributed by atoms with van der Waals surface area (Å²) in [5, 5.41) is 9.28. The third kappa shape index (κ3) is 5.07. The zero-order chi connectivity index (χ0) is 21.0. The highest BCUT2D eigenvalue weighted by Crippen LogP contribution is 2.25. The smallest absolute Gasteiger partial charge is 0.233 e. The molecule has 6 heteroatoms. The lowest BCUT2D eigenvalue weighted by Gasteiger charge is -2.17. The van der Waals surface area contributed by atoms with E-state index in [1.54, 1.807) is 4.90 Å². The minimum absolute atomic E-state index is 0.0720. The van der Waals surface area contributed by atoms with Crippen LogP contribution in [0.2, 0.25) is 0 Å². The van der Waals surface area contributed by atoms with Crippen LogP contribution in [0, 0.1) is 20.8 Å². The van der Waals surface area contributed by atoms with E-state index in [0.717, 1.165) is 34.2 Å². The largest absolute Gasteiger partial charge is 0.341 e. The number of benzene rings is 2. The first kappa shape index (κ1) is 21.1. The number of rotatable bonds is 7. The molecule has 0 radical (unpaired) electrons. The molecule has 2 aromatic carbocycles. The van der Waals surface area contributed by atoms with E-state index in [9.17, 15) is 4.79 Å². The van der Waals surface area contributed by atoms with Crippen molar-refractivity contribution in [3.05, 3.63) is 70.5 Å². The number of nitrogens with zero attached hydrogens (tertiary/aromatic N) is 4. The van der Waals surface area contributed by atoms with E-state index in [1.165, 1.54) is 22.9 Å². The van der Waals surface area contributed by atoms with Crippen molar-refractivity contribution in [2.45, 2.75) is 45.8 Å². The molecule has 3 aromatic rings. The molecular weight excluding hydrogens is 380 g/mol. The van der Waals surface area contributed by atoms with Gasteiger partial charge in [-0.1, -0.05) is 55.1 Å². The van der Waals surface area contributed by atoms with Crippen LogP contribution in [0.1, 0.15) is 35.0 Å². The maximum Gasteiger partial charge on any atom is 0.233 e. The zero-order valence-corrected chi connectivity index (χ0v) is 18.6. The Morgan fingerprint density at radius 1 is 1.03 bits per heavy atom. The maximum absolute atomic E-state index is 12.7. The molecule has 3 rings (SSSR count). The standard InChI is InChI=1S/C23H28N4OS/c1-6-19-9-11-20(12-10-19)14-26(5)22(28)15-29-23-25-24-18(4)27(23)21-13-16(2)7-8-17(21)3/h7-13H,6,14-15H2,1-5H3. The second-order valence-corrected chi connectivity index (χ2v) is 8.31. The Hall–Kier alpha value is -2.60. The second kappa shape index (κ2) is 9.27. The summed E-state index contributed by atoms with van der Waals surface area (Å²) in [5.74, 6) is 1.22. The number of aromatic nitrogens is 3. The summed E-state index contributed by atoms with van der Waals surface area (Å²) in [4.78, 5) is 14.4. The molecule has 0 spiro atoms. The van der Waals surface area contributed by atoms with Gasteiger partial charge in [0.15, 0.2) is 5.16 Å². The van der Waals surface area contributed by atoms with Crippen molar-refractivity contribution in [2.24, 2.45) is 0 Å². The summed E-state index contributed by atoms with van der Waals surface area (Å²) >= 11 is 1.43. The highest BCUT2D eigenvalue weighted by Gasteiger charge is 2.17. The summed E-state index contributed by atoms with van der Waals surface area (Å²) in [7, 11) is 1.84. The zero-order valence-electron chi connectivity index (χ0n) is 17.8. The van der Waals surface area contributed by atoms with Gasteiger partial charge in [-0.05, 0) is 55.5 Å². The van der Waals surface area contributed by atoms with E-state index in [-0.39, 0.29) is 5.91 Å². The summed E-state index contributed by atoms with van der Waals surface area (Å²) in [6.45, 7) is 8.83. The SMILES string of the molecule is CCc1ccc(CN(C)C(=O)CSc2nnc(C)n2-c2cc(C)ccc2C)cc1. The fourth-order valence-corrected chi connectivity index (χ4v) is 4.08. The molecule has 0 aliphatic rings. The molecule has 0 bridgehead atoms. The van der Waals surface area contributed by atoms with Crippen LogP contribution in [0.4, 0.5) is 0 Å². The van der Waals surface area contributed by atoms with Crippen molar-refractivity contribution >= 4 is 17.7 Å². The Morgan fingerprint density at radius 2 is 1.72 bits per heavy atom. The molecule has 0 saturated heterocycles. The second-order valence-electron chi connectivity index (χ2n) is 7.36. The van der Waals surface area contributed by atoms with Gasteiger partial charge in [0.2, 0.25) is 5.91 Å². The van der Waals surface area contributed by atoms with Crippen LogP contribution < -0.4 is 0 Å². The van der Waals surface area contributed by atoms with Gasteiger partial charge in [-0.3, -0.25) is 9.36 Å². The molecule has 29 heavy (non-hydrogen) atoms. The highest BCUT2D eigenvalue weighted by atomic mass is 32.2. The fourth-order valence-electron chi connectivity index (χ4n) is 3.15. The molecule has 0 saturated carbocycles. The first-order valence-corrected chi connectivity index (χ1v) is 10.8. The Morgan fingerprint density at radius 3 is 2.41 bits per heavy atom. The Labute approximate surface area is 177 Å². The Bertz CT molecular complexity index is 995. The van der Waals surface area contributed by atoms with Crippen molar-refractivity contribution < 1.29 is 4.79 Å². The van der Waals surface area contributed by atoms with Crippen molar-refractivity contribution in [2.75, 3.05) is 12.8 Å². The van der Waals surface area contributed by atoms with Crippen molar-refractivity contribution in [1.82, 2.24) is 19.7 Å². The Balaban J connectivity index is 1.68. The van der Waals surface area contributed by atoms with Crippen molar-refractivity contribution in [1.29, 1.82) is 0 Å². The number of carbonyl (C=O) groups is 1. The molecule has 152 valence electrons. The lowest BCUT2D eigenvalue weighted by Crippen LogP contribution is -2.27. The number of thioether (sulfide) groups is 1. The normalized spacial score (nSPS) is 10.9. The summed E-state index contributed by atoms with van der Waals surface area (Å²) in [6.07, 6.45) is 1.02. The lowest BCUT2D eigenvalue weighted by atomic mass is 10.1. The number of hydrogen-bond acceptors (Lipinski definition) is 4. The van der Waals surface area contributed by atoms with E-state index in [4.69, 9.17) is 0 Å². The van der Waals surface area contributed by atoms with Gasteiger partial charge in [-0.25, -0.2) is 0 Å². The van der Waals surface area contributed by atoms with E-state index < -0.39 is 0 Å². The summed E-state index contributed by atoms with van der Waals surface area (Å²) < 4.78 is 2.03. The predicted octanol–water partition coefficient (Wildman–Crippen LogP) is 4.51. The first-order chi connectivity index (χ1) is 13.9. The van der Waals surface area contributed by atoms with Gasteiger partial charge in [0.05, 0.1) is 11.4 Å². The van der Waals surface area contributed by atoms with Crippen molar-refractivity contribution in [3.8, 4) is 5.69 Å². The van der Waals surface area contributed by atoms with Gasteiger partial charge in [-0.2, -0.15) is 0 Å². The third-order valence-electron chi connectivity index (χ3n) is 5.00. The van der Waals surface area contributed by atoms with Crippen LogP contribution in [0.25, 0.3) is 5.69 Å². The van der Waals surface area contributed by atoms with Gasteiger partial charge in [0.1, 0.15) is 5.82 Å². The van der Waals surface area contributed by atoms with Crippen LogP contribution in [0.3, 0.4) is 0 Å². The van der Waals surface area contributed by atoms with E-state index in [0.29, 0.717) is 12.3 Å². The molecule has 0 fully saturated rings. The third-order valence-corrected chi connectivity index (χ3v) is 5.92. The molecule has 5 nitrogen and oxygen atoms in total. The van der Waals surface area contributed by atoms with Crippen LogP contribution in [-0.4, -0.2) is 38.4 Å². The van der Waals surface area contributed by atoms with Gasteiger partial charge in [0.25, 0.3) is 0 Å². The highest BCUT2D eigenvalue weighted by molar-refractivity contribution is 7.99. The van der Waals surface area contributed by atoms with E-state index in [2.05, 4.69) is 73.4 Å². The lowest BCUT2D eigenvalue weighted by molar-refractivity contribution is -0.127. The minimum atomic E-state index is 0.0720. The molecule has 0 unspecified atom stereocenters. The van der Waals surface area contributed by atoms with Crippen molar-refractivity contribution in [3.63, 3.8) is 0 Å². The monoisotopic (exact) mass is 408 g/mol. The first-order valence-electron chi connectivity index (χ1n) is 9.83. The molecule has 0 N–H and O–H groups in total. The summed E-state index contributed by atoms with van der Waals surface area (Å²) in [6, 6.07) is 14.8. The summed E-state index contributed by atoms with van der Waals surface area (Å²) in [5.41, 5.74) is 5.84. The predicted molar refractivity (Wildman–Crippen MR) is 119 cm³/mol. The molecule has 1 aromatic heterocycles. The van der Waals surface area contributed by atoms with Gasteiger partial charge in [-0.15, -0.1) is 10.2 Å².